The van der Waals surface area contributed by atoms with E-state index in [0.717, 1.165) is 24.3 Å². The molecule has 3 rings (SSSR count). The number of benzene rings is 1. The van der Waals surface area contributed by atoms with Crippen LogP contribution in [-0.4, -0.2) is 30.7 Å². The highest BCUT2D eigenvalue weighted by atomic mass is 16.5. The van der Waals surface area contributed by atoms with Crippen molar-refractivity contribution >= 4 is 11.8 Å². The summed E-state index contributed by atoms with van der Waals surface area (Å²) in [5, 5.41) is 6.85. The molecule has 5 heteroatoms. The lowest BCUT2D eigenvalue weighted by Gasteiger charge is -2.27. The molecule has 5 nitrogen and oxygen atoms in total. The van der Waals surface area contributed by atoms with Gasteiger partial charge in [-0.15, -0.1) is 0 Å². The van der Waals surface area contributed by atoms with Crippen molar-refractivity contribution in [1.82, 2.24) is 5.16 Å². The van der Waals surface area contributed by atoms with Crippen molar-refractivity contribution in [2.45, 2.75) is 26.7 Å². The lowest BCUT2D eigenvalue weighted by atomic mass is 10.0. The zero-order valence-corrected chi connectivity index (χ0v) is 13.8. The molecular formula is C18H24N3O2+. The average Bonchev–Trinajstić information content (AvgIpc) is 2.96. The molecule has 0 aliphatic carbocycles. The molecule has 1 aliphatic heterocycles. The van der Waals surface area contributed by atoms with Crippen LogP contribution < -0.4 is 10.2 Å². The Balaban J connectivity index is 1.58. The summed E-state index contributed by atoms with van der Waals surface area (Å²) in [6, 6.07) is 9.83. The van der Waals surface area contributed by atoms with E-state index in [9.17, 15) is 4.79 Å². The van der Waals surface area contributed by atoms with Gasteiger partial charge in [0.2, 0.25) is 5.88 Å². The molecule has 122 valence electrons. The Kier molecular flexibility index (Phi) is 4.76. The minimum absolute atomic E-state index is 0.0132. The molecule has 23 heavy (non-hydrogen) atoms. The molecule has 1 unspecified atom stereocenters. The van der Waals surface area contributed by atoms with Crippen molar-refractivity contribution in [1.29, 1.82) is 0 Å². The quantitative estimate of drug-likeness (QED) is 0.906. The van der Waals surface area contributed by atoms with Crippen LogP contribution in [0.2, 0.25) is 0 Å². The number of carbonyl (C=O) groups excluding carboxylic acids is 1. The number of hydrogen-bond acceptors (Lipinski definition) is 3. The summed E-state index contributed by atoms with van der Waals surface area (Å²) in [4.78, 5) is 13.5. The average molecular weight is 314 g/mol. The molecule has 1 fully saturated rings. The van der Waals surface area contributed by atoms with Gasteiger partial charge in [-0.05, 0) is 19.8 Å². The van der Waals surface area contributed by atoms with Crippen LogP contribution in [0.3, 0.4) is 0 Å². The van der Waals surface area contributed by atoms with Crippen LogP contribution in [0.1, 0.15) is 25.3 Å². The first kappa shape index (κ1) is 15.7. The Morgan fingerprint density at radius 2 is 2.17 bits per heavy atom. The van der Waals surface area contributed by atoms with Gasteiger partial charge in [0.05, 0.1) is 13.1 Å². The van der Waals surface area contributed by atoms with Gasteiger partial charge in [0.1, 0.15) is 5.69 Å². The lowest BCUT2D eigenvalue weighted by molar-refractivity contribution is -0.900. The summed E-state index contributed by atoms with van der Waals surface area (Å²) in [5.74, 6) is 1.10. The summed E-state index contributed by atoms with van der Waals surface area (Å²) < 4.78 is 5.24. The van der Waals surface area contributed by atoms with Crippen LogP contribution in [0.15, 0.2) is 34.9 Å². The van der Waals surface area contributed by atoms with Gasteiger partial charge < -0.3 is 9.42 Å². The highest BCUT2D eigenvalue weighted by Gasteiger charge is 2.22. The Morgan fingerprint density at radius 3 is 2.91 bits per heavy atom. The topological polar surface area (TPSA) is 59.6 Å². The maximum atomic E-state index is 12.2. The smallest absolute Gasteiger partial charge is 0.281 e. The van der Waals surface area contributed by atoms with E-state index in [2.05, 4.69) is 17.4 Å². The molecule has 0 bridgehead atoms. The Bertz CT molecular complexity index is 663. The van der Waals surface area contributed by atoms with Crippen LogP contribution in [0.4, 0.5) is 5.88 Å². The standard InChI is InChI=1S/C18H23N3O2/c1-13-5-7-15(8-6-13)16-10-18(23-20-16)19-17(22)12-21-9-3-4-14(2)11-21/h5-8,10,14H,3-4,9,11-12H2,1-2H3,(H,19,22)/p+1/t14-/m1/s1. The maximum absolute atomic E-state index is 12.2. The van der Waals surface area contributed by atoms with Gasteiger partial charge in [0.25, 0.3) is 5.91 Å². The highest BCUT2D eigenvalue weighted by Crippen LogP contribution is 2.21. The summed E-state index contributed by atoms with van der Waals surface area (Å²) in [6.45, 7) is 6.93. The van der Waals surface area contributed by atoms with E-state index in [1.807, 2.05) is 31.2 Å². The molecule has 1 aromatic carbocycles. The minimum atomic E-state index is -0.0132. The van der Waals surface area contributed by atoms with Gasteiger partial charge in [0.15, 0.2) is 6.54 Å². The fourth-order valence-corrected chi connectivity index (χ4v) is 3.16. The minimum Gasteiger partial charge on any atom is -0.338 e. The van der Waals surface area contributed by atoms with Crippen LogP contribution in [0.25, 0.3) is 11.3 Å². The zero-order chi connectivity index (χ0) is 16.2. The normalized spacial score (nSPS) is 21.1. The van der Waals surface area contributed by atoms with Crippen LogP contribution in [0.5, 0.6) is 0 Å². The number of quaternary nitrogens is 1. The number of nitrogens with one attached hydrogen (secondary N) is 2. The third kappa shape index (κ3) is 4.20. The van der Waals surface area contributed by atoms with Crippen molar-refractivity contribution in [2.24, 2.45) is 5.92 Å². The SMILES string of the molecule is Cc1ccc(-c2cc(NC(=O)C[NH+]3CCC[C@@H](C)C3)on2)cc1. The van der Waals surface area contributed by atoms with Crippen LogP contribution in [-0.2, 0) is 4.79 Å². The van der Waals surface area contributed by atoms with Crippen molar-refractivity contribution in [2.75, 3.05) is 25.0 Å². The number of carbonyl (C=O) groups is 1. The van der Waals surface area contributed by atoms with Crippen molar-refractivity contribution in [3.63, 3.8) is 0 Å². The predicted molar refractivity (Wildman–Crippen MR) is 89.3 cm³/mol. The second-order valence-electron chi connectivity index (χ2n) is 6.62. The molecular weight excluding hydrogens is 290 g/mol. The van der Waals surface area contributed by atoms with Crippen molar-refractivity contribution in [3.05, 3.63) is 35.9 Å². The number of anilines is 1. The molecule has 1 amide bonds. The Morgan fingerprint density at radius 1 is 1.39 bits per heavy atom. The van der Waals surface area contributed by atoms with Gasteiger partial charge in [0, 0.05) is 17.5 Å². The Hall–Kier alpha value is -2.14. The van der Waals surface area contributed by atoms with Crippen LogP contribution >= 0.6 is 0 Å². The largest absolute Gasteiger partial charge is 0.338 e. The molecule has 2 aromatic rings. The number of aromatic nitrogens is 1. The number of amides is 1. The first-order valence-electron chi connectivity index (χ1n) is 8.27. The number of piperidine rings is 1. The van der Waals surface area contributed by atoms with Gasteiger partial charge in [-0.25, -0.2) is 0 Å². The molecule has 1 aromatic heterocycles. The van der Waals surface area contributed by atoms with E-state index in [0.29, 0.717) is 18.3 Å². The van der Waals surface area contributed by atoms with Gasteiger partial charge in [-0.3, -0.25) is 10.1 Å². The van der Waals surface area contributed by atoms with Crippen LogP contribution in [0, 0.1) is 12.8 Å². The van der Waals surface area contributed by atoms with E-state index < -0.39 is 0 Å². The van der Waals surface area contributed by atoms with Gasteiger partial charge >= 0.3 is 0 Å². The van der Waals surface area contributed by atoms with E-state index in [1.165, 1.54) is 23.3 Å². The second kappa shape index (κ2) is 6.96. The van der Waals surface area contributed by atoms with E-state index in [1.54, 1.807) is 6.07 Å². The predicted octanol–water partition coefficient (Wildman–Crippen LogP) is 1.90. The third-order valence-electron chi connectivity index (χ3n) is 4.40. The molecule has 2 N–H and O–H groups in total. The van der Waals surface area contributed by atoms with E-state index in [4.69, 9.17) is 4.52 Å². The number of likely N-dealkylation sites (tertiary alicyclic amines) is 1. The maximum Gasteiger partial charge on any atom is 0.281 e. The molecule has 2 atom stereocenters. The van der Waals surface area contributed by atoms with Crippen molar-refractivity contribution in [3.8, 4) is 11.3 Å². The van der Waals surface area contributed by atoms with Crippen molar-refractivity contribution < 1.29 is 14.2 Å². The first-order valence-corrected chi connectivity index (χ1v) is 8.27. The molecule has 0 saturated carbocycles. The highest BCUT2D eigenvalue weighted by molar-refractivity contribution is 5.90. The first-order chi connectivity index (χ1) is 11.1. The number of rotatable bonds is 4. The third-order valence-corrected chi connectivity index (χ3v) is 4.40. The monoisotopic (exact) mass is 314 g/mol. The molecule has 1 aliphatic rings. The molecule has 0 radical (unpaired) electrons. The summed E-state index contributed by atoms with van der Waals surface area (Å²) >= 11 is 0. The van der Waals surface area contributed by atoms with E-state index in [-0.39, 0.29) is 5.91 Å². The van der Waals surface area contributed by atoms with Gasteiger partial charge in [-0.1, -0.05) is 41.9 Å². The molecule has 0 spiro atoms. The second-order valence-corrected chi connectivity index (χ2v) is 6.62. The fourth-order valence-electron chi connectivity index (χ4n) is 3.16. The lowest BCUT2D eigenvalue weighted by Crippen LogP contribution is -3.14. The summed E-state index contributed by atoms with van der Waals surface area (Å²) in [7, 11) is 0. The number of nitrogens with zero attached hydrogens (tertiary/aromatic N) is 1. The summed E-state index contributed by atoms with van der Waals surface area (Å²) in [6.07, 6.45) is 2.47. The fraction of sp³-hybridized carbons (Fsp3) is 0.444. The number of hydrogen-bond donors (Lipinski definition) is 2. The number of aryl methyl sites for hydroxylation is 1. The summed E-state index contributed by atoms with van der Waals surface area (Å²) in [5.41, 5.74) is 2.92. The van der Waals surface area contributed by atoms with E-state index >= 15 is 0 Å². The Labute approximate surface area is 136 Å². The zero-order valence-electron chi connectivity index (χ0n) is 13.8. The van der Waals surface area contributed by atoms with Gasteiger partial charge in [-0.2, -0.15) is 0 Å². The molecule has 1 saturated heterocycles. The molecule has 2 heterocycles.